The van der Waals surface area contributed by atoms with Crippen molar-refractivity contribution in [2.24, 2.45) is 0 Å². The third-order valence-corrected chi connectivity index (χ3v) is 5.04. The SMILES string of the molecule is C[C@H]1CCN(C(=O)/C=C\c2ccc(F)cc2)c2ccccc2S1. The summed E-state index contributed by atoms with van der Waals surface area (Å²) in [6.07, 6.45) is 4.24. The molecule has 118 valence electrons. The van der Waals surface area contributed by atoms with E-state index in [9.17, 15) is 9.18 Å². The number of para-hydroxylation sites is 1. The molecule has 2 aromatic carbocycles. The summed E-state index contributed by atoms with van der Waals surface area (Å²) >= 11 is 1.81. The Bertz CT molecular complexity index is 726. The number of nitrogens with zero attached hydrogens (tertiary/aromatic N) is 1. The average Bonchev–Trinajstić information content (AvgIpc) is 2.72. The van der Waals surface area contributed by atoms with Crippen LogP contribution in [0.15, 0.2) is 59.5 Å². The van der Waals surface area contributed by atoms with Crippen molar-refractivity contribution in [1.82, 2.24) is 0 Å². The van der Waals surface area contributed by atoms with Crippen LogP contribution in [0, 0.1) is 5.82 Å². The molecular weight excluding hydrogens is 309 g/mol. The number of fused-ring (bicyclic) bond motifs is 1. The first-order valence-electron chi connectivity index (χ1n) is 7.64. The standard InChI is InChI=1S/C19H18FNOS/c1-14-12-13-21(17-4-2-3-5-18(17)23-14)19(22)11-8-15-6-9-16(20)10-7-15/h2-11,14H,12-13H2,1H3/b11-8-/t14-/m0/s1. The van der Waals surface area contributed by atoms with Gasteiger partial charge in [0.15, 0.2) is 0 Å². The van der Waals surface area contributed by atoms with Crippen LogP contribution in [0.5, 0.6) is 0 Å². The van der Waals surface area contributed by atoms with Gasteiger partial charge < -0.3 is 4.90 Å². The molecular formula is C19H18FNOS. The molecule has 1 aliphatic rings. The van der Waals surface area contributed by atoms with Crippen LogP contribution in [0.2, 0.25) is 0 Å². The van der Waals surface area contributed by atoms with Crippen LogP contribution in [0.4, 0.5) is 10.1 Å². The summed E-state index contributed by atoms with van der Waals surface area (Å²) in [6, 6.07) is 14.1. The predicted octanol–water partition coefficient (Wildman–Crippen LogP) is 4.76. The zero-order chi connectivity index (χ0) is 16.2. The molecule has 1 atom stereocenters. The van der Waals surface area contributed by atoms with Crippen LogP contribution < -0.4 is 4.90 Å². The summed E-state index contributed by atoms with van der Waals surface area (Å²) in [5.74, 6) is -0.322. The third-order valence-electron chi connectivity index (χ3n) is 3.80. The summed E-state index contributed by atoms with van der Waals surface area (Å²) in [6.45, 7) is 2.89. The largest absolute Gasteiger partial charge is 0.308 e. The lowest BCUT2D eigenvalue weighted by atomic mass is 10.2. The lowest BCUT2D eigenvalue weighted by Crippen LogP contribution is -2.30. The Labute approximate surface area is 140 Å². The highest BCUT2D eigenvalue weighted by Gasteiger charge is 2.22. The van der Waals surface area contributed by atoms with Gasteiger partial charge in [-0.3, -0.25) is 4.79 Å². The fraction of sp³-hybridized carbons (Fsp3) is 0.211. The Hall–Kier alpha value is -2.07. The quantitative estimate of drug-likeness (QED) is 0.742. The maximum Gasteiger partial charge on any atom is 0.251 e. The molecule has 0 N–H and O–H groups in total. The highest BCUT2D eigenvalue weighted by molar-refractivity contribution is 8.00. The average molecular weight is 327 g/mol. The molecule has 0 aliphatic carbocycles. The molecule has 0 bridgehead atoms. The Morgan fingerprint density at radius 2 is 1.96 bits per heavy atom. The van der Waals surface area contributed by atoms with E-state index in [-0.39, 0.29) is 11.7 Å². The molecule has 1 heterocycles. The van der Waals surface area contributed by atoms with Crippen molar-refractivity contribution in [2.75, 3.05) is 11.4 Å². The van der Waals surface area contributed by atoms with Crippen molar-refractivity contribution in [3.8, 4) is 0 Å². The van der Waals surface area contributed by atoms with Gasteiger partial charge in [-0.15, -0.1) is 11.8 Å². The molecule has 0 fully saturated rings. The van der Waals surface area contributed by atoms with Gasteiger partial charge in [0.05, 0.1) is 5.69 Å². The van der Waals surface area contributed by atoms with Gasteiger partial charge in [-0.05, 0) is 42.3 Å². The highest BCUT2D eigenvalue weighted by atomic mass is 32.2. The Balaban J connectivity index is 1.82. The number of benzene rings is 2. The molecule has 3 rings (SSSR count). The van der Waals surface area contributed by atoms with E-state index in [1.165, 1.54) is 12.1 Å². The summed E-state index contributed by atoms with van der Waals surface area (Å²) in [4.78, 5) is 15.6. The van der Waals surface area contributed by atoms with Crippen LogP contribution in [0.25, 0.3) is 6.08 Å². The molecule has 0 saturated heterocycles. The Kier molecular flexibility index (Phi) is 4.82. The summed E-state index contributed by atoms with van der Waals surface area (Å²) < 4.78 is 12.9. The maximum absolute atomic E-state index is 12.9. The van der Waals surface area contributed by atoms with E-state index in [0.29, 0.717) is 11.8 Å². The monoisotopic (exact) mass is 327 g/mol. The number of thioether (sulfide) groups is 1. The maximum atomic E-state index is 12.9. The lowest BCUT2D eigenvalue weighted by Gasteiger charge is -2.20. The van der Waals surface area contributed by atoms with Gasteiger partial charge >= 0.3 is 0 Å². The zero-order valence-corrected chi connectivity index (χ0v) is 13.7. The first-order valence-corrected chi connectivity index (χ1v) is 8.52. The zero-order valence-electron chi connectivity index (χ0n) is 12.9. The molecule has 2 aromatic rings. The number of hydrogen-bond donors (Lipinski definition) is 0. The number of halogens is 1. The van der Waals surface area contributed by atoms with Gasteiger partial charge in [-0.2, -0.15) is 0 Å². The molecule has 23 heavy (non-hydrogen) atoms. The van der Waals surface area contributed by atoms with E-state index in [1.807, 2.05) is 34.9 Å². The minimum Gasteiger partial charge on any atom is -0.308 e. The molecule has 4 heteroatoms. The van der Waals surface area contributed by atoms with Crippen LogP contribution >= 0.6 is 11.8 Å². The van der Waals surface area contributed by atoms with Crippen molar-refractivity contribution < 1.29 is 9.18 Å². The number of amides is 1. The van der Waals surface area contributed by atoms with E-state index in [4.69, 9.17) is 0 Å². The minimum atomic E-state index is -0.277. The second-order valence-electron chi connectivity index (χ2n) is 5.56. The Morgan fingerprint density at radius 3 is 2.74 bits per heavy atom. The van der Waals surface area contributed by atoms with Crippen molar-refractivity contribution >= 4 is 29.4 Å². The number of rotatable bonds is 2. The van der Waals surface area contributed by atoms with Crippen molar-refractivity contribution in [3.63, 3.8) is 0 Å². The van der Waals surface area contributed by atoms with Crippen molar-refractivity contribution in [3.05, 3.63) is 66.0 Å². The normalized spacial score (nSPS) is 17.8. The first-order chi connectivity index (χ1) is 11.1. The van der Waals surface area contributed by atoms with E-state index >= 15 is 0 Å². The molecule has 1 aliphatic heterocycles. The van der Waals surface area contributed by atoms with Crippen LogP contribution in [0.1, 0.15) is 18.9 Å². The Morgan fingerprint density at radius 1 is 1.22 bits per heavy atom. The second kappa shape index (κ2) is 7.01. The van der Waals surface area contributed by atoms with Crippen LogP contribution in [0.3, 0.4) is 0 Å². The van der Waals surface area contributed by atoms with Crippen LogP contribution in [-0.4, -0.2) is 17.7 Å². The number of carbonyl (C=O) groups is 1. The van der Waals surface area contributed by atoms with E-state index < -0.39 is 0 Å². The second-order valence-corrected chi connectivity index (χ2v) is 7.04. The lowest BCUT2D eigenvalue weighted by molar-refractivity contribution is -0.114. The number of carbonyl (C=O) groups excluding carboxylic acids is 1. The number of hydrogen-bond acceptors (Lipinski definition) is 2. The van der Waals surface area contributed by atoms with Gasteiger partial charge in [-0.1, -0.05) is 31.2 Å². The molecule has 0 unspecified atom stereocenters. The molecule has 0 saturated carbocycles. The highest BCUT2D eigenvalue weighted by Crippen LogP contribution is 2.37. The number of anilines is 1. The van der Waals surface area contributed by atoms with E-state index in [0.717, 1.165) is 22.6 Å². The first kappa shape index (κ1) is 15.8. The van der Waals surface area contributed by atoms with Gasteiger partial charge in [0.2, 0.25) is 0 Å². The molecule has 2 nitrogen and oxygen atoms in total. The molecule has 0 spiro atoms. The van der Waals surface area contributed by atoms with Gasteiger partial charge in [-0.25, -0.2) is 4.39 Å². The summed E-state index contributed by atoms with van der Waals surface area (Å²) in [5, 5.41) is 0.482. The van der Waals surface area contributed by atoms with Crippen LogP contribution in [-0.2, 0) is 4.79 Å². The molecule has 1 amide bonds. The van der Waals surface area contributed by atoms with E-state index in [1.54, 1.807) is 24.3 Å². The topological polar surface area (TPSA) is 20.3 Å². The van der Waals surface area contributed by atoms with Gasteiger partial charge in [0, 0.05) is 22.8 Å². The van der Waals surface area contributed by atoms with E-state index in [2.05, 4.69) is 13.0 Å². The smallest absolute Gasteiger partial charge is 0.251 e. The fourth-order valence-electron chi connectivity index (χ4n) is 2.55. The fourth-order valence-corrected chi connectivity index (χ4v) is 3.66. The minimum absolute atomic E-state index is 0.0449. The van der Waals surface area contributed by atoms with Crippen molar-refractivity contribution in [2.45, 2.75) is 23.5 Å². The molecule has 0 radical (unpaired) electrons. The molecule has 0 aromatic heterocycles. The summed E-state index contributed by atoms with van der Waals surface area (Å²) in [5.41, 5.74) is 1.78. The van der Waals surface area contributed by atoms with Crippen molar-refractivity contribution in [1.29, 1.82) is 0 Å². The summed E-state index contributed by atoms with van der Waals surface area (Å²) in [7, 11) is 0. The third kappa shape index (κ3) is 3.82. The van der Waals surface area contributed by atoms with Gasteiger partial charge in [0.25, 0.3) is 5.91 Å². The predicted molar refractivity (Wildman–Crippen MR) is 94.2 cm³/mol. The van der Waals surface area contributed by atoms with Gasteiger partial charge in [0.1, 0.15) is 5.82 Å².